The molecule has 1 spiro atoms. The van der Waals surface area contributed by atoms with Gasteiger partial charge < -0.3 is 34.1 Å². The summed E-state index contributed by atoms with van der Waals surface area (Å²) in [6, 6.07) is 4.25. The van der Waals surface area contributed by atoms with Crippen LogP contribution in [0.2, 0.25) is 5.02 Å². The molecular weight excluding hydrogens is 494 g/mol. The van der Waals surface area contributed by atoms with Crippen LogP contribution in [0.3, 0.4) is 0 Å². The van der Waals surface area contributed by atoms with E-state index in [1.165, 1.54) is 52.7 Å². The van der Waals surface area contributed by atoms with Gasteiger partial charge in [-0.25, -0.2) is 4.79 Å². The van der Waals surface area contributed by atoms with Gasteiger partial charge in [0, 0.05) is 35.9 Å². The van der Waals surface area contributed by atoms with Crippen LogP contribution in [0.5, 0.6) is 28.7 Å². The molecule has 0 saturated heterocycles. The summed E-state index contributed by atoms with van der Waals surface area (Å²) >= 11 is 6.41. The fourth-order valence-corrected chi connectivity index (χ4v) is 4.81. The summed E-state index contributed by atoms with van der Waals surface area (Å²) in [7, 11) is 5.62. The van der Waals surface area contributed by atoms with Gasteiger partial charge in [-0.05, 0) is 6.42 Å². The van der Waals surface area contributed by atoms with Gasteiger partial charge in [-0.2, -0.15) is 0 Å². The molecule has 2 atom stereocenters. The number of carboxylic acid groups (broad SMARTS) is 1. The number of carboxylic acids is 1. The molecular formula is C25H24ClNO9. The Morgan fingerprint density at radius 3 is 2.19 bits per heavy atom. The van der Waals surface area contributed by atoms with E-state index in [9.17, 15) is 19.5 Å². The molecule has 1 aliphatic heterocycles. The lowest BCUT2D eigenvalue weighted by Gasteiger charge is -2.35. The quantitative estimate of drug-likeness (QED) is 0.520. The molecule has 11 heteroatoms. The van der Waals surface area contributed by atoms with E-state index in [-0.39, 0.29) is 51.3 Å². The van der Waals surface area contributed by atoms with Crippen LogP contribution in [0.15, 0.2) is 30.0 Å². The highest BCUT2D eigenvalue weighted by Crippen LogP contribution is 2.53. The molecule has 10 nitrogen and oxygen atoms in total. The molecule has 2 aromatic rings. The second kappa shape index (κ2) is 9.27. The van der Waals surface area contributed by atoms with Crippen molar-refractivity contribution in [3.63, 3.8) is 0 Å². The molecule has 0 bridgehead atoms. The molecule has 0 amide bonds. The van der Waals surface area contributed by atoms with Gasteiger partial charge in [-0.1, -0.05) is 18.5 Å². The molecule has 36 heavy (non-hydrogen) atoms. The fraction of sp³-hybridized carbons (Fsp3) is 0.320. The summed E-state index contributed by atoms with van der Waals surface area (Å²) in [5.74, 6) is -2.04. The third-order valence-corrected chi connectivity index (χ3v) is 6.72. The van der Waals surface area contributed by atoms with Gasteiger partial charge >= 0.3 is 5.97 Å². The van der Waals surface area contributed by atoms with Crippen LogP contribution in [-0.2, 0) is 4.79 Å². The predicted molar refractivity (Wildman–Crippen MR) is 129 cm³/mol. The molecule has 0 unspecified atom stereocenters. The maximum Gasteiger partial charge on any atom is 0.337 e. The van der Waals surface area contributed by atoms with Crippen LogP contribution in [0.1, 0.15) is 34.1 Å². The monoisotopic (exact) mass is 517 g/mol. The summed E-state index contributed by atoms with van der Waals surface area (Å²) in [5, 5.41) is 12.7. The topological polar surface area (TPSA) is 130 Å². The van der Waals surface area contributed by atoms with E-state index in [4.69, 9.17) is 35.3 Å². The van der Waals surface area contributed by atoms with Crippen molar-refractivity contribution >= 4 is 34.8 Å². The first kappa shape index (κ1) is 25.2. The standard InChI is InChI=1S/C25H24ClNO9/c1-11-6-12(27-14-9-16(33-3)15(32-2)8-13(14)24(30)31)7-19(28)25(11)23(29)20-17(34-4)10-18(35-5)21(26)22(20)36-25/h7-11,27H,6H2,1-5H3,(H,30,31)/t11-,25+/m1/s1. The number of carbonyl (C=O) groups excluding carboxylic acids is 2. The number of hydrogen-bond donors (Lipinski definition) is 2. The number of allylic oxidation sites excluding steroid dienone is 1. The number of hydrogen-bond acceptors (Lipinski definition) is 9. The Morgan fingerprint density at radius 2 is 1.64 bits per heavy atom. The maximum absolute atomic E-state index is 13.6. The van der Waals surface area contributed by atoms with Crippen LogP contribution in [0, 0.1) is 5.92 Å². The van der Waals surface area contributed by atoms with E-state index in [1.54, 1.807) is 6.92 Å². The zero-order valence-corrected chi connectivity index (χ0v) is 20.9. The van der Waals surface area contributed by atoms with Crippen molar-refractivity contribution in [1.82, 2.24) is 0 Å². The molecule has 2 aromatic carbocycles. The van der Waals surface area contributed by atoms with E-state index in [1.807, 2.05) is 0 Å². The molecule has 190 valence electrons. The first-order valence-electron chi connectivity index (χ1n) is 10.8. The van der Waals surface area contributed by atoms with E-state index >= 15 is 0 Å². The van der Waals surface area contributed by atoms with Gasteiger partial charge in [-0.3, -0.25) is 9.59 Å². The molecule has 1 heterocycles. The summed E-state index contributed by atoms with van der Waals surface area (Å²) in [6.07, 6.45) is 1.43. The zero-order chi connectivity index (χ0) is 26.4. The van der Waals surface area contributed by atoms with Gasteiger partial charge in [-0.15, -0.1) is 0 Å². The number of rotatable bonds is 7. The normalized spacial score (nSPS) is 20.4. The number of carbonyl (C=O) groups is 3. The van der Waals surface area contributed by atoms with Crippen LogP contribution < -0.4 is 29.0 Å². The molecule has 2 aliphatic rings. The molecule has 0 radical (unpaired) electrons. The van der Waals surface area contributed by atoms with E-state index in [0.29, 0.717) is 11.4 Å². The minimum absolute atomic E-state index is 0.0240. The lowest BCUT2D eigenvalue weighted by molar-refractivity contribution is -0.129. The molecule has 4 rings (SSSR count). The average Bonchev–Trinajstić information content (AvgIpc) is 3.17. The molecule has 1 aliphatic carbocycles. The minimum atomic E-state index is -1.84. The van der Waals surface area contributed by atoms with Gasteiger partial charge in [0.2, 0.25) is 17.2 Å². The van der Waals surface area contributed by atoms with Crippen LogP contribution in [0.25, 0.3) is 0 Å². The van der Waals surface area contributed by atoms with Crippen LogP contribution in [0.4, 0.5) is 5.69 Å². The molecule has 0 aromatic heterocycles. The number of ether oxygens (including phenoxy) is 5. The number of methoxy groups -OCH3 is 4. The Morgan fingerprint density at radius 1 is 1.03 bits per heavy atom. The van der Waals surface area contributed by atoms with Gasteiger partial charge in [0.15, 0.2) is 17.2 Å². The highest BCUT2D eigenvalue weighted by Gasteiger charge is 2.60. The predicted octanol–water partition coefficient (Wildman–Crippen LogP) is 3.99. The van der Waals surface area contributed by atoms with Crippen molar-refractivity contribution in [2.75, 3.05) is 33.8 Å². The zero-order valence-electron chi connectivity index (χ0n) is 20.2. The van der Waals surface area contributed by atoms with E-state index < -0.39 is 29.1 Å². The van der Waals surface area contributed by atoms with Gasteiger partial charge in [0.1, 0.15) is 22.1 Å². The third-order valence-electron chi connectivity index (χ3n) is 6.36. The van der Waals surface area contributed by atoms with E-state index in [0.717, 1.165) is 0 Å². The van der Waals surface area contributed by atoms with Crippen molar-refractivity contribution in [1.29, 1.82) is 0 Å². The smallest absolute Gasteiger partial charge is 0.337 e. The average molecular weight is 518 g/mol. The minimum Gasteiger partial charge on any atom is -0.496 e. The number of fused-ring (bicyclic) bond motifs is 1. The Kier molecular flexibility index (Phi) is 6.48. The first-order chi connectivity index (χ1) is 17.1. The summed E-state index contributed by atoms with van der Waals surface area (Å²) in [4.78, 5) is 38.9. The maximum atomic E-state index is 13.6. The van der Waals surface area contributed by atoms with Crippen LogP contribution in [-0.4, -0.2) is 56.7 Å². The fourth-order valence-electron chi connectivity index (χ4n) is 4.55. The highest BCUT2D eigenvalue weighted by molar-refractivity contribution is 6.36. The number of ketones is 2. The molecule has 0 fully saturated rings. The van der Waals surface area contributed by atoms with Gasteiger partial charge in [0.25, 0.3) is 0 Å². The second-order valence-corrected chi connectivity index (χ2v) is 8.67. The van der Waals surface area contributed by atoms with Gasteiger partial charge in [0.05, 0.1) is 39.7 Å². The largest absolute Gasteiger partial charge is 0.496 e. The van der Waals surface area contributed by atoms with Crippen molar-refractivity contribution in [3.05, 3.63) is 46.1 Å². The Bertz CT molecular complexity index is 1320. The second-order valence-electron chi connectivity index (χ2n) is 8.29. The molecule has 0 saturated carbocycles. The Labute approximate surface area is 211 Å². The number of aromatic carboxylic acids is 1. The summed E-state index contributed by atoms with van der Waals surface area (Å²) < 4.78 is 27.1. The SMILES string of the molecule is COc1cc(NC2=CC(=O)[C@@]3(Oc4c(Cl)c(OC)cc(OC)c4C3=O)[C@H](C)C2)c(C(=O)O)cc1OC. The van der Waals surface area contributed by atoms with E-state index in [2.05, 4.69) is 5.32 Å². The first-order valence-corrected chi connectivity index (χ1v) is 11.2. The van der Waals surface area contributed by atoms with Crippen molar-refractivity contribution < 1.29 is 43.2 Å². The van der Waals surface area contributed by atoms with Crippen LogP contribution >= 0.6 is 11.6 Å². The number of anilines is 1. The number of benzene rings is 2. The summed E-state index contributed by atoms with van der Waals surface area (Å²) in [6.45, 7) is 1.70. The van der Waals surface area contributed by atoms with Crippen molar-refractivity contribution in [3.8, 4) is 28.7 Å². The number of halogens is 1. The lowest BCUT2D eigenvalue weighted by atomic mass is 9.74. The molecule has 2 N–H and O–H groups in total. The Balaban J connectivity index is 1.74. The number of Topliss-reactive ketones (excluding diaryl/α,β-unsaturated/α-hetero) is 1. The number of nitrogens with one attached hydrogen (secondary N) is 1. The summed E-state index contributed by atoms with van der Waals surface area (Å²) in [5.41, 5.74) is -1.27. The van der Waals surface area contributed by atoms with Crippen molar-refractivity contribution in [2.45, 2.75) is 18.9 Å². The van der Waals surface area contributed by atoms with Crippen molar-refractivity contribution in [2.24, 2.45) is 5.92 Å². The third kappa shape index (κ3) is 3.69. The lowest BCUT2D eigenvalue weighted by Crippen LogP contribution is -2.55. The highest BCUT2D eigenvalue weighted by atomic mass is 35.5. The Hall–Kier alpha value is -3.92.